The van der Waals surface area contributed by atoms with E-state index in [1.54, 1.807) is 0 Å². The fourth-order valence-electron chi connectivity index (χ4n) is 4.82. The molecule has 1 aromatic carbocycles. The van der Waals surface area contributed by atoms with Crippen LogP contribution in [0.5, 0.6) is 5.75 Å². The number of aliphatic imine (C=N–C) groups is 1. The van der Waals surface area contributed by atoms with Gasteiger partial charge in [0.2, 0.25) is 0 Å². The van der Waals surface area contributed by atoms with Gasteiger partial charge in [0.25, 0.3) is 0 Å². The Morgan fingerprint density at radius 2 is 2.06 bits per heavy atom. The number of hydrogen-bond acceptors (Lipinski definition) is 4. The summed E-state index contributed by atoms with van der Waals surface area (Å²) in [5, 5.41) is 15.8. The molecule has 0 saturated heterocycles. The Morgan fingerprint density at radius 1 is 1.28 bits per heavy atom. The summed E-state index contributed by atoms with van der Waals surface area (Å²) >= 11 is 0. The third-order valence-electron chi connectivity index (χ3n) is 6.72. The lowest BCUT2D eigenvalue weighted by Crippen LogP contribution is -2.48. The van der Waals surface area contributed by atoms with Crippen LogP contribution < -0.4 is 15.4 Å². The minimum absolute atomic E-state index is 0. The van der Waals surface area contributed by atoms with Gasteiger partial charge in [-0.2, -0.15) is 0 Å². The predicted molar refractivity (Wildman–Crippen MR) is 138 cm³/mol. The topological polar surface area (TPSA) is 76.4 Å². The third-order valence-corrected chi connectivity index (χ3v) is 6.72. The molecule has 176 valence electrons. The number of rotatable bonds is 7. The Hall–Kier alpha value is -1.84. The Kier molecular flexibility index (Phi) is 8.41. The van der Waals surface area contributed by atoms with Crippen molar-refractivity contribution in [3.8, 4) is 5.75 Å². The van der Waals surface area contributed by atoms with Gasteiger partial charge >= 0.3 is 0 Å². The van der Waals surface area contributed by atoms with E-state index in [0.29, 0.717) is 24.5 Å². The summed E-state index contributed by atoms with van der Waals surface area (Å²) in [6, 6.07) is 8.46. The number of aromatic nitrogens is 3. The van der Waals surface area contributed by atoms with Gasteiger partial charge < -0.3 is 19.9 Å². The van der Waals surface area contributed by atoms with Crippen molar-refractivity contribution in [2.45, 2.75) is 65.5 Å². The standard InChI is InChI=1S/C24H36N6O.HI/c1-17(2)14-24(11-7-12-24)16-26-23(25-15-22-29-28-18(3)30(22)4)27-20-10-13-31-21-9-6-5-8-19(20)21;/h5-6,8-9,17,20H,7,10-16H2,1-4H3,(H2,25,26,27);1H. The Labute approximate surface area is 208 Å². The molecule has 2 heterocycles. The van der Waals surface area contributed by atoms with E-state index in [4.69, 9.17) is 9.73 Å². The highest BCUT2D eigenvalue weighted by atomic mass is 127. The van der Waals surface area contributed by atoms with Crippen molar-refractivity contribution in [2.24, 2.45) is 23.4 Å². The quantitative estimate of drug-likeness (QED) is 0.300. The zero-order valence-electron chi connectivity index (χ0n) is 19.7. The first-order chi connectivity index (χ1) is 15.0. The van der Waals surface area contributed by atoms with E-state index < -0.39 is 0 Å². The summed E-state index contributed by atoms with van der Waals surface area (Å²) < 4.78 is 7.84. The zero-order valence-corrected chi connectivity index (χ0v) is 22.1. The van der Waals surface area contributed by atoms with Crippen LogP contribution in [0.1, 0.15) is 69.2 Å². The second-order valence-electron chi connectivity index (χ2n) is 9.56. The molecule has 0 spiro atoms. The molecule has 1 atom stereocenters. The van der Waals surface area contributed by atoms with Crippen molar-refractivity contribution in [2.75, 3.05) is 13.2 Å². The summed E-state index contributed by atoms with van der Waals surface area (Å²) in [4.78, 5) is 4.91. The molecule has 0 bridgehead atoms. The van der Waals surface area contributed by atoms with E-state index in [0.717, 1.165) is 36.3 Å². The van der Waals surface area contributed by atoms with Crippen molar-refractivity contribution in [1.82, 2.24) is 25.4 Å². The van der Waals surface area contributed by atoms with E-state index in [9.17, 15) is 0 Å². The van der Waals surface area contributed by atoms with Gasteiger partial charge in [-0.3, -0.25) is 0 Å². The molecule has 32 heavy (non-hydrogen) atoms. The number of nitrogens with zero attached hydrogens (tertiary/aromatic N) is 4. The molecule has 4 rings (SSSR count). The van der Waals surface area contributed by atoms with Crippen LogP contribution in [0.3, 0.4) is 0 Å². The summed E-state index contributed by atoms with van der Waals surface area (Å²) in [6.07, 6.45) is 6.11. The molecule has 1 unspecified atom stereocenters. The molecule has 2 aromatic rings. The van der Waals surface area contributed by atoms with E-state index >= 15 is 0 Å². The number of hydrogen-bond donors (Lipinski definition) is 2. The van der Waals surface area contributed by atoms with Crippen LogP contribution in [0, 0.1) is 18.3 Å². The Balaban J connectivity index is 0.00000289. The highest BCUT2D eigenvalue weighted by Gasteiger charge is 2.37. The molecular weight excluding hydrogens is 515 g/mol. The van der Waals surface area contributed by atoms with Crippen molar-refractivity contribution < 1.29 is 4.74 Å². The van der Waals surface area contributed by atoms with E-state index in [2.05, 4.69) is 46.8 Å². The highest BCUT2D eigenvalue weighted by molar-refractivity contribution is 14.0. The first kappa shape index (κ1) is 24.8. The largest absolute Gasteiger partial charge is 0.493 e. The van der Waals surface area contributed by atoms with Crippen LogP contribution in [0.25, 0.3) is 0 Å². The van der Waals surface area contributed by atoms with Crippen LogP contribution in [-0.4, -0.2) is 33.9 Å². The molecule has 1 saturated carbocycles. The van der Waals surface area contributed by atoms with Gasteiger partial charge in [0.15, 0.2) is 11.8 Å². The third kappa shape index (κ3) is 5.74. The van der Waals surface area contributed by atoms with E-state index in [1.807, 2.05) is 30.7 Å². The first-order valence-corrected chi connectivity index (χ1v) is 11.6. The number of para-hydroxylation sites is 1. The van der Waals surface area contributed by atoms with Crippen molar-refractivity contribution in [3.63, 3.8) is 0 Å². The lowest BCUT2D eigenvalue weighted by atomic mass is 9.64. The molecule has 1 aliphatic carbocycles. The van der Waals surface area contributed by atoms with Crippen molar-refractivity contribution >= 4 is 29.9 Å². The normalized spacial score (nSPS) is 19.4. The maximum absolute atomic E-state index is 5.85. The van der Waals surface area contributed by atoms with Gasteiger partial charge in [0.1, 0.15) is 18.1 Å². The van der Waals surface area contributed by atoms with Crippen molar-refractivity contribution in [3.05, 3.63) is 41.5 Å². The van der Waals surface area contributed by atoms with E-state index in [1.165, 1.54) is 31.2 Å². The van der Waals surface area contributed by atoms with Gasteiger partial charge in [0, 0.05) is 25.6 Å². The molecule has 7 nitrogen and oxygen atoms in total. The summed E-state index contributed by atoms with van der Waals surface area (Å²) in [5.41, 5.74) is 1.59. The highest BCUT2D eigenvalue weighted by Crippen LogP contribution is 2.45. The lowest BCUT2D eigenvalue weighted by molar-refractivity contribution is 0.104. The molecule has 2 aliphatic rings. The predicted octanol–water partition coefficient (Wildman–Crippen LogP) is 4.52. The lowest BCUT2D eigenvalue weighted by Gasteiger charge is -2.44. The number of nitrogens with one attached hydrogen (secondary N) is 2. The smallest absolute Gasteiger partial charge is 0.192 e. The van der Waals surface area contributed by atoms with Crippen LogP contribution in [-0.2, 0) is 13.6 Å². The molecule has 8 heteroatoms. The van der Waals surface area contributed by atoms with Gasteiger partial charge in [-0.25, -0.2) is 4.99 Å². The molecule has 2 N–H and O–H groups in total. The van der Waals surface area contributed by atoms with Crippen LogP contribution in [0.2, 0.25) is 0 Å². The first-order valence-electron chi connectivity index (χ1n) is 11.6. The molecular formula is C24H37IN6O. The molecule has 0 amide bonds. The Morgan fingerprint density at radius 3 is 2.72 bits per heavy atom. The van der Waals surface area contributed by atoms with Gasteiger partial charge in [-0.1, -0.05) is 38.5 Å². The number of ether oxygens (including phenoxy) is 1. The van der Waals surface area contributed by atoms with Gasteiger partial charge in [0.05, 0.1) is 12.6 Å². The SMILES string of the molecule is Cc1nnc(CN=C(NCC2(CC(C)C)CCC2)NC2CCOc3ccccc32)n1C.I. The minimum Gasteiger partial charge on any atom is -0.493 e. The van der Waals surface area contributed by atoms with Gasteiger partial charge in [-0.15, -0.1) is 34.2 Å². The maximum Gasteiger partial charge on any atom is 0.192 e. The van der Waals surface area contributed by atoms with Crippen molar-refractivity contribution in [1.29, 1.82) is 0 Å². The molecule has 1 aliphatic heterocycles. The average molecular weight is 553 g/mol. The molecule has 0 radical (unpaired) electrons. The van der Waals surface area contributed by atoms with E-state index in [-0.39, 0.29) is 30.0 Å². The summed E-state index contributed by atoms with van der Waals surface area (Å²) in [7, 11) is 1.99. The number of guanidine groups is 1. The second kappa shape index (κ2) is 10.9. The molecule has 1 fully saturated rings. The monoisotopic (exact) mass is 552 g/mol. The number of fused-ring (bicyclic) bond motifs is 1. The summed E-state index contributed by atoms with van der Waals surface area (Å²) in [5.74, 6) is 4.28. The van der Waals surface area contributed by atoms with Crippen LogP contribution >= 0.6 is 24.0 Å². The Bertz CT molecular complexity index is 921. The maximum atomic E-state index is 5.85. The number of halogens is 1. The fraction of sp³-hybridized carbons (Fsp3) is 0.625. The fourth-order valence-corrected chi connectivity index (χ4v) is 4.82. The number of benzene rings is 1. The minimum atomic E-state index is 0. The van der Waals surface area contributed by atoms with Crippen LogP contribution in [0.4, 0.5) is 0 Å². The summed E-state index contributed by atoms with van der Waals surface area (Å²) in [6.45, 7) is 8.77. The zero-order chi connectivity index (χ0) is 21.8. The average Bonchev–Trinajstić information content (AvgIpc) is 3.05. The second-order valence-corrected chi connectivity index (χ2v) is 9.56. The number of aryl methyl sites for hydroxylation is 1. The van der Waals surface area contributed by atoms with Crippen LogP contribution in [0.15, 0.2) is 29.3 Å². The molecule has 1 aromatic heterocycles. The van der Waals surface area contributed by atoms with Gasteiger partial charge in [-0.05, 0) is 43.6 Å².